The largest absolute Gasteiger partial charge is 0.469 e. The quantitative estimate of drug-likeness (QED) is 0.732. The van der Waals surface area contributed by atoms with Gasteiger partial charge in [-0.15, -0.1) is 0 Å². The van der Waals surface area contributed by atoms with Crippen molar-refractivity contribution < 1.29 is 14.3 Å². The van der Waals surface area contributed by atoms with Crippen LogP contribution in [0.15, 0.2) is 24.5 Å². The summed E-state index contributed by atoms with van der Waals surface area (Å²) in [7, 11) is 1.36. The van der Waals surface area contributed by atoms with Gasteiger partial charge in [-0.05, 0) is 31.0 Å². The molecule has 1 aromatic rings. The van der Waals surface area contributed by atoms with E-state index in [1.165, 1.54) is 14.0 Å². The second-order valence-electron chi connectivity index (χ2n) is 4.10. The maximum atomic E-state index is 11.6. The summed E-state index contributed by atoms with van der Waals surface area (Å²) in [6.45, 7) is 3.30. The highest BCUT2D eigenvalue weighted by molar-refractivity contribution is 5.84. The first-order valence-electron chi connectivity index (χ1n) is 5.54. The fraction of sp³-hybridized carbons (Fsp3) is 0.462. The van der Waals surface area contributed by atoms with Gasteiger partial charge in [-0.3, -0.25) is 14.6 Å². The maximum Gasteiger partial charge on any atom is 0.308 e. The van der Waals surface area contributed by atoms with E-state index in [1.807, 2.05) is 0 Å². The highest BCUT2D eigenvalue weighted by Gasteiger charge is 2.23. The molecule has 2 unspecified atom stereocenters. The Balaban J connectivity index is 2.82. The first kappa shape index (κ1) is 13.4. The zero-order valence-electron chi connectivity index (χ0n) is 10.3. The average molecular weight is 235 g/mol. The zero-order valence-corrected chi connectivity index (χ0v) is 10.3. The van der Waals surface area contributed by atoms with Crippen molar-refractivity contribution in [3.8, 4) is 0 Å². The first-order chi connectivity index (χ1) is 8.06. The highest BCUT2D eigenvalue weighted by Crippen LogP contribution is 2.24. The number of carbonyl (C=O) groups excluding carboxylic acids is 2. The second-order valence-corrected chi connectivity index (χ2v) is 4.10. The van der Waals surface area contributed by atoms with E-state index in [4.69, 9.17) is 0 Å². The zero-order chi connectivity index (χ0) is 12.8. The van der Waals surface area contributed by atoms with E-state index >= 15 is 0 Å². The lowest BCUT2D eigenvalue weighted by Crippen LogP contribution is -2.19. The van der Waals surface area contributed by atoms with Crippen LogP contribution in [0.4, 0.5) is 0 Å². The van der Waals surface area contributed by atoms with Crippen molar-refractivity contribution in [1.82, 2.24) is 4.98 Å². The van der Waals surface area contributed by atoms with Crippen LogP contribution in [0.2, 0.25) is 0 Å². The number of hydrogen-bond donors (Lipinski definition) is 0. The van der Waals surface area contributed by atoms with Gasteiger partial charge in [0, 0.05) is 18.3 Å². The van der Waals surface area contributed by atoms with E-state index in [9.17, 15) is 9.59 Å². The van der Waals surface area contributed by atoms with Crippen LogP contribution in [-0.4, -0.2) is 23.8 Å². The summed E-state index contributed by atoms with van der Waals surface area (Å²) in [5, 5.41) is 0. The molecule has 4 nitrogen and oxygen atoms in total. The van der Waals surface area contributed by atoms with E-state index in [0.717, 1.165) is 5.56 Å². The van der Waals surface area contributed by atoms with Gasteiger partial charge < -0.3 is 4.74 Å². The number of ether oxygens (including phenoxy) is 1. The monoisotopic (exact) mass is 235 g/mol. The number of nitrogens with zero attached hydrogens (tertiary/aromatic N) is 1. The molecule has 92 valence electrons. The number of ketones is 1. The Bertz CT molecular complexity index is 389. The van der Waals surface area contributed by atoms with Crippen molar-refractivity contribution in [3.05, 3.63) is 30.1 Å². The molecule has 17 heavy (non-hydrogen) atoms. The Hall–Kier alpha value is -1.71. The van der Waals surface area contributed by atoms with Crippen LogP contribution in [0.1, 0.15) is 31.7 Å². The van der Waals surface area contributed by atoms with Gasteiger partial charge in [0.25, 0.3) is 0 Å². The third-order valence-corrected chi connectivity index (χ3v) is 2.79. The molecule has 0 radical (unpaired) electrons. The molecule has 4 heteroatoms. The van der Waals surface area contributed by atoms with E-state index in [1.54, 1.807) is 31.5 Å². The molecule has 0 saturated carbocycles. The standard InChI is InChI=1S/C13H17NO3/c1-9(13(16)17-3)8-12(10(2)15)11-4-6-14-7-5-11/h4-7,9,12H,8H2,1-3H3. The molecular formula is C13H17NO3. The molecular weight excluding hydrogens is 218 g/mol. The van der Waals surface area contributed by atoms with Crippen molar-refractivity contribution >= 4 is 11.8 Å². The molecule has 0 N–H and O–H groups in total. The Morgan fingerprint density at radius 1 is 1.35 bits per heavy atom. The van der Waals surface area contributed by atoms with Gasteiger partial charge in [-0.25, -0.2) is 0 Å². The Kier molecular flexibility index (Phi) is 4.82. The van der Waals surface area contributed by atoms with E-state index in [2.05, 4.69) is 9.72 Å². The van der Waals surface area contributed by atoms with E-state index < -0.39 is 0 Å². The predicted molar refractivity (Wildman–Crippen MR) is 63.5 cm³/mol. The number of aromatic nitrogens is 1. The second kappa shape index (κ2) is 6.13. The van der Waals surface area contributed by atoms with Crippen LogP contribution in [0.5, 0.6) is 0 Å². The lowest BCUT2D eigenvalue weighted by Gasteiger charge is -2.17. The van der Waals surface area contributed by atoms with E-state index in [-0.39, 0.29) is 23.6 Å². The number of pyridine rings is 1. The fourth-order valence-electron chi connectivity index (χ4n) is 1.78. The molecule has 1 heterocycles. The van der Waals surface area contributed by atoms with Crippen molar-refractivity contribution in [2.45, 2.75) is 26.2 Å². The number of methoxy groups -OCH3 is 1. The van der Waals surface area contributed by atoms with Crippen molar-refractivity contribution in [3.63, 3.8) is 0 Å². The van der Waals surface area contributed by atoms with Gasteiger partial charge in [0.05, 0.1) is 13.0 Å². The molecule has 0 aliphatic rings. The lowest BCUT2D eigenvalue weighted by atomic mass is 9.87. The van der Waals surface area contributed by atoms with Gasteiger partial charge in [0.1, 0.15) is 5.78 Å². The summed E-state index contributed by atoms with van der Waals surface area (Å²) < 4.78 is 4.67. The number of esters is 1. The fourth-order valence-corrected chi connectivity index (χ4v) is 1.78. The molecule has 2 atom stereocenters. The van der Waals surface area contributed by atoms with E-state index in [0.29, 0.717) is 6.42 Å². The highest BCUT2D eigenvalue weighted by atomic mass is 16.5. The van der Waals surface area contributed by atoms with Crippen molar-refractivity contribution in [1.29, 1.82) is 0 Å². The van der Waals surface area contributed by atoms with Crippen LogP contribution in [-0.2, 0) is 14.3 Å². The summed E-state index contributed by atoms with van der Waals surface area (Å²) in [4.78, 5) is 26.9. The molecule has 0 spiro atoms. The smallest absolute Gasteiger partial charge is 0.308 e. The normalized spacial score (nSPS) is 13.8. The third kappa shape index (κ3) is 3.66. The summed E-state index contributed by atoms with van der Waals surface area (Å²) >= 11 is 0. The Morgan fingerprint density at radius 3 is 2.41 bits per heavy atom. The van der Waals surface area contributed by atoms with Gasteiger partial charge in [0.2, 0.25) is 0 Å². The van der Waals surface area contributed by atoms with Crippen LogP contribution < -0.4 is 0 Å². The lowest BCUT2D eigenvalue weighted by molar-refractivity contribution is -0.145. The molecule has 1 aromatic heterocycles. The van der Waals surface area contributed by atoms with Crippen LogP contribution in [0.25, 0.3) is 0 Å². The number of carbonyl (C=O) groups is 2. The summed E-state index contributed by atoms with van der Waals surface area (Å²) in [6, 6.07) is 3.60. The van der Waals surface area contributed by atoms with Crippen LogP contribution in [0, 0.1) is 5.92 Å². The molecule has 0 aliphatic heterocycles. The molecule has 0 fully saturated rings. The SMILES string of the molecule is COC(=O)C(C)CC(C(C)=O)c1ccncc1. The molecule has 0 aromatic carbocycles. The topological polar surface area (TPSA) is 56.3 Å². The molecule has 0 aliphatic carbocycles. The van der Waals surface area contributed by atoms with Gasteiger partial charge in [-0.2, -0.15) is 0 Å². The van der Waals surface area contributed by atoms with Crippen LogP contribution in [0.3, 0.4) is 0 Å². The third-order valence-electron chi connectivity index (χ3n) is 2.79. The number of Topliss-reactive ketones (excluding diaryl/α,β-unsaturated/α-hetero) is 1. The summed E-state index contributed by atoms with van der Waals surface area (Å²) in [5.41, 5.74) is 0.892. The average Bonchev–Trinajstić information content (AvgIpc) is 2.35. The Morgan fingerprint density at radius 2 is 1.94 bits per heavy atom. The van der Waals surface area contributed by atoms with Crippen LogP contribution >= 0.6 is 0 Å². The Labute approximate surface area is 101 Å². The molecule has 0 saturated heterocycles. The number of rotatable bonds is 5. The maximum absolute atomic E-state index is 11.6. The van der Waals surface area contributed by atoms with Gasteiger partial charge >= 0.3 is 5.97 Å². The van der Waals surface area contributed by atoms with Gasteiger partial charge in [-0.1, -0.05) is 6.92 Å². The minimum Gasteiger partial charge on any atom is -0.469 e. The first-order valence-corrected chi connectivity index (χ1v) is 5.54. The van der Waals surface area contributed by atoms with Gasteiger partial charge in [0.15, 0.2) is 0 Å². The molecule has 1 rings (SSSR count). The number of hydrogen-bond acceptors (Lipinski definition) is 4. The molecule has 0 bridgehead atoms. The summed E-state index contributed by atoms with van der Waals surface area (Å²) in [6.07, 6.45) is 3.76. The van der Waals surface area contributed by atoms with Crippen molar-refractivity contribution in [2.24, 2.45) is 5.92 Å². The van der Waals surface area contributed by atoms with Crippen molar-refractivity contribution in [2.75, 3.05) is 7.11 Å². The molecule has 0 amide bonds. The minimum atomic E-state index is -0.290. The predicted octanol–water partition coefficient (Wildman–Crippen LogP) is 1.95. The minimum absolute atomic E-state index is 0.0481. The summed E-state index contributed by atoms with van der Waals surface area (Å²) in [5.74, 6) is -0.800.